The summed E-state index contributed by atoms with van der Waals surface area (Å²) in [5.41, 5.74) is 5.41. The highest BCUT2D eigenvalue weighted by Crippen LogP contribution is 2.28. The van der Waals surface area contributed by atoms with Crippen LogP contribution < -0.4 is 5.73 Å². The van der Waals surface area contributed by atoms with E-state index in [-0.39, 0.29) is 0 Å². The summed E-state index contributed by atoms with van der Waals surface area (Å²) in [6, 6.07) is 0. The van der Waals surface area contributed by atoms with Crippen LogP contribution in [0.5, 0.6) is 0 Å². The van der Waals surface area contributed by atoms with E-state index in [1.54, 1.807) is 4.80 Å². The zero-order valence-corrected chi connectivity index (χ0v) is 9.10. The van der Waals surface area contributed by atoms with E-state index in [2.05, 4.69) is 15.4 Å². The second-order valence-corrected chi connectivity index (χ2v) is 4.28. The van der Waals surface area contributed by atoms with Crippen molar-refractivity contribution in [3.63, 3.8) is 0 Å². The molecule has 0 atom stereocenters. The summed E-state index contributed by atoms with van der Waals surface area (Å²) in [4.78, 5) is 1.59. The van der Waals surface area contributed by atoms with Crippen LogP contribution in [0.2, 0.25) is 0 Å². The van der Waals surface area contributed by atoms with E-state index in [4.69, 9.17) is 5.73 Å². The van der Waals surface area contributed by atoms with Gasteiger partial charge in [0.05, 0.1) is 6.54 Å². The van der Waals surface area contributed by atoms with Gasteiger partial charge in [0.15, 0.2) is 5.82 Å². The molecule has 0 bridgehead atoms. The third-order valence-corrected chi connectivity index (χ3v) is 3.07. The van der Waals surface area contributed by atoms with E-state index in [1.165, 1.54) is 32.1 Å². The molecule has 0 amide bonds. The molecule has 1 heterocycles. The first kappa shape index (κ1) is 10.5. The molecule has 2 N–H and O–H groups in total. The van der Waals surface area contributed by atoms with Crippen molar-refractivity contribution in [2.45, 2.75) is 45.1 Å². The lowest BCUT2D eigenvalue weighted by atomic mass is 10.0. The van der Waals surface area contributed by atoms with Gasteiger partial charge in [-0.2, -0.15) is 4.80 Å². The second kappa shape index (κ2) is 5.21. The molecule has 0 unspecified atom stereocenters. The fraction of sp³-hybridized carbons (Fsp3) is 0.900. The van der Waals surface area contributed by atoms with Crippen molar-refractivity contribution in [2.24, 2.45) is 11.7 Å². The van der Waals surface area contributed by atoms with Crippen LogP contribution in [0.15, 0.2) is 0 Å². The highest BCUT2D eigenvalue weighted by Gasteiger charge is 2.15. The number of nitrogens with two attached hydrogens (primary N) is 1. The molecule has 1 fully saturated rings. The Balaban J connectivity index is 1.77. The van der Waals surface area contributed by atoms with Crippen molar-refractivity contribution in [1.82, 2.24) is 20.2 Å². The number of hydrogen-bond acceptors (Lipinski definition) is 4. The summed E-state index contributed by atoms with van der Waals surface area (Å²) in [5.74, 6) is 1.77. The molecule has 1 saturated carbocycles. The highest BCUT2D eigenvalue weighted by molar-refractivity contribution is 4.79. The predicted octanol–water partition coefficient (Wildman–Crippen LogP) is 0.755. The summed E-state index contributed by atoms with van der Waals surface area (Å²) in [7, 11) is 0. The highest BCUT2D eigenvalue weighted by atomic mass is 15.6. The molecule has 0 aliphatic heterocycles. The van der Waals surface area contributed by atoms with Gasteiger partial charge in [0.1, 0.15) is 0 Å². The zero-order valence-electron chi connectivity index (χ0n) is 9.10. The van der Waals surface area contributed by atoms with Crippen LogP contribution in [0.3, 0.4) is 0 Å². The first-order valence-electron chi connectivity index (χ1n) is 5.85. The van der Waals surface area contributed by atoms with Crippen molar-refractivity contribution in [3.05, 3.63) is 5.82 Å². The van der Waals surface area contributed by atoms with Gasteiger partial charge < -0.3 is 5.73 Å². The summed E-state index contributed by atoms with van der Waals surface area (Å²) in [6.07, 6.45) is 7.76. The van der Waals surface area contributed by atoms with Gasteiger partial charge in [0, 0.05) is 13.0 Å². The molecule has 5 heteroatoms. The summed E-state index contributed by atoms with van der Waals surface area (Å²) < 4.78 is 0. The van der Waals surface area contributed by atoms with Gasteiger partial charge in [-0.15, -0.1) is 10.2 Å². The van der Waals surface area contributed by atoms with Gasteiger partial charge in [-0.1, -0.05) is 25.7 Å². The van der Waals surface area contributed by atoms with E-state index in [0.29, 0.717) is 13.1 Å². The minimum atomic E-state index is 0.568. The Morgan fingerprint density at radius 2 is 2.13 bits per heavy atom. The van der Waals surface area contributed by atoms with Gasteiger partial charge in [-0.05, 0) is 17.6 Å². The molecule has 1 aromatic heterocycles. The van der Waals surface area contributed by atoms with E-state index < -0.39 is 0 Å². The number of hydrogen-bond donors (Lipinski definition) is 1. The van der Waals surface area contributed by atoms with E-state index in [9.17, 15) is 0 Å². The fourth-order valence-electron chi connectivity index (χ4n) is 2.22. The largest absolute Gasteiger partial charge is 0.329 e. The second-order valence-electron chi connectivity index (χ2n) is 4.28. The number of aromatic nitrogens is 4. The van der Waals surface area contributed by atoms with Crippen LogP contribution in [0.1, 0.15) is 37.9 Å². The minimum absolute atomic E-state index is 0.568. The monoisotopic (exact) mass is 209 g/mol. The summed E-state index contributed by atoms with van der Waals surface area (Å²) in [5, 5.41) is 12.2. The zero-order chi connectivity index (χ0) is 10.5. The average molecular weight is 209 g/mol. The molecule has 5 nitrogen and oxygen atoms in total. The normalized spacial score (nSPS) is 17.4. The molecule has 0 aromatic carbocycles. The smallest absolute Gasteiger partial charge is 0.174 e. The predicted molar refractivity (Wildman–Crippen MR) is 57.2 cm³/mol. The first-order valence-corrected chi connectivity index (χ1v) is 5.85. The summed E-state index contributed by atoms with van der Waals surface area (Å²) >= 11 is 0. The van der Waals surface area contributed by atoms with Crippen LogP contribution in [0, 0.1) is 5.92 Å². The summed E-state index contributed by atoms with van der Waals surface area (Å²) in [6.45, 7) is 1.23. The Labute approximate surface area is 90.0 Å². The molecule has 84 valence electrons. The Bertz CT molecular complexity index is 290. The molecule has 2 rings (SSSR count). The van der Waals surface area contributed by atoms with Crippen molar-refractivity contribution >= 4 is 0 Å². The fourth-order valence-corrected chi connectivity index (χ4v) is 2.22. The number of tetrazole rings is 1. The van der Waals surface area contributed by atoms with Crippen molar-refractivity contribution in [1.29, 1.82) is 0 Å². The van der Waals surface area contributed by atoms with Crippen LogP contribution in [0.4, 0.5) is 0 Å². The van der Waals surface area contributed by atoms with Crippen LogP contribution in [-0.2, 0) is 13.0 Å². The van der Waals surface area contributed by atoms with E-state index >= 15 is 0 Å². The molecule has 15 heavy (non-hydrogen) atoms. The molecule has 0 radical (unpaired) electrons. The van der Waals surface area contributed by atoms with Crippen molar-refractivity contribution in [2.75, 3.05) is 6.54 Å². The molecule has 1 aromatic rings. The van der Waals surface area contributed by atoms with Crippen LogP contribution >= 0.6 is 0 Å². The van der Waals surface area contributed by atoms with Crippen molar-refractivity contribution in [3.8, 4) is 0 Å². The Morgan fingerprint density at radius 3 is 2.87 bits per heavy atom. The lowest BCUT2D eigenvalue weighted by Crippen LogP contribution is -2.12. The first-order chi connectivity index (χ1) is 7.38. The van der Waals surface area contributed by atoms with Gasteiger partial charge in [0.25, 0.3) is 0 Å². The standard InChI is InChI=1S/C10H19N5/c11-7-8-15-13-10(12-14-15)6-5-9-3-1-2-4-9/h9H,1-8,11H2. The minimum Gasteiger partial charge on any atom is -0.329 e. The van der Waals surface area contributed by atoms with Gasteiger partial charge >= 0.3 is 0 Å². The SMILES string of the molecule is NCCn1nnc(CCC2CCCC2)n1. The van der Waals surface area contributed by atoms with E-state index in [1.807, 2.05) is 0 Å². The number of aryl methyl sites for hydroxylation is 1. The maximum Gasteiger partial charge on any atom is 0.174 e. The Kier molecular flexibility index (Phi) is 3.66. The molecular weight excluding hydrogens is 190 g/mol. The van der Waals surface area contributed by atoms with Crippen molar-refractivity contribution < 1.29 is 0 Å². The molecular formula is C10H19N5. The quantitative estimate of drug-likeness (QED) is 0.777. The molecule has 1 aliphatic rings. The third-order valence-electron chi connectivity index (χ3n) is 3.07. The maximum atomic E-state index is 5.41. The number of rotatable bonds is 5. The Morgan fingerprint density at radius 1 is 1.33 bits per heavy atom. The van der Waals surface area contributed by atoms with Gasteiger partial charge in [-0.3, -0.25) is 0 Å². The molecule has 1 aliphatic carbocycles. The lowest BCUT2D eigenvalue weighted by Gasteiger charge is -2.04. The van der Waals surface area contributed by atoms with Gasteiger partial charge in [0.2, 0.25) is 0 Å². The lowest BCUT2D eigenvalue weighted by molar-refractivity contribution is 0.493. The average Bonchev–Trinajstić information content (AvgIpc) is 2.85. The van der Waals surface area contributed by atoms with Crippen LogP contribution in [0.25, 0.3) is 0 Å². The maximum absolute atomic E-state index is 5.41. The Hall–Kier alpha value is -0.970. The third kappa shape index (κ3) is 2.99. The molecule has 0 saturated heterocycles. The number of nitrogens with zero attached hydrogens (tertiary/aromatic N) is 4. The molecule has 0 spiro atoms. The van der Waals surface area contributed by atoms with Gasteiger partial charge in [-0.25, -0.2) is 0 Å². The van der Waals surface area contributed by atoms with E-state index in [0.717, 1.165) is 18.2 Å². The van der Waals surface area contributed by atoms with Crippen LogP contribution in [-0.4, -0.2) is 26.8 Å². The topological polar surface area (TPSA) is 69.6 Å².